The molecule has 0 bridgehead atoms. The van der Waals surface area contributed by atoms with E-state index in [1.807, 2.05) is 32.0 Å². The zero-order valence-electron chi connectivity index (χ0n) is 12.7. The maximum Gasteiger partial charge on any atom is 0.123 e. The van der Waals surface area contributed by atoms with Gasteiger partial charge in [0.1, 0.15) is 11.5 Å². The van der Waals surface area contributed by atoms with Crippen LogP contribution in [-0.2, 0) is 6.42 Å². The lowest BCUT2D eigenvalue weighted by Crippen LogP contribution is -2.08. The van der Waals surface area contributed by atoms with E-state index in [4.69, 9.17) is 4.74 Å². The Balaban J connectivity index is 1.90. The Morgan fingerprint density at radius 1 is 1.19 bits per heavy atom. The minimum Gasteiger partial charge on any atom is -0.507 e. The van der Waals surface area contributed by atoms with Crippen molar-refractivity contribution in [1.82, 2.24) is 0 Å². The molecule has 0 heterocycles. The second kappa shape index (κ2) is 5.32. The van der Waals surface area contributed by atoms with E-state index in [-0.39, 0.29) is 6.04 Å². The predicted molar refractivity (Wildman–Crippen MR) is 85.3 cm³/mol. The van der Waals surface area contributed by atoms with Gasteiger partial charge in [0.15, 0.2) is 0 Å². The molecule has 0 amide bonds. The summed E-state index contributed by atoms with van der Waals surface area (Å²) >= 11 is 0. The number of hydrogen-bond donors (Lipinski definition) is 2. The molecule has 0 spiro atoms. The highest BCUT2D eigenvalue weighted by Gasteiger charge is 2.23. The zero-order valence-corrected chi connectivity index (χ0v) is 12.7. The van der Waals surface area contributed by atoms with Gasteiger partial charge in [-0.15, -0.1) is 0 Å². The molecule has 0 radical (unpaired) electrons. The SMILES string of the molecule is COc1ccc2c(c1)C(Nc1ccc(C)c(O)c1C)CC2. The van der Waals surface area contributed by atoms with Crippen molar-refractivity contribution < 1.29 is 9.84 Å². The number of phenols is 1. The molecule has 21 heavy (non-hydrogen) atoms. The van der Waals surface area contributed by atoms with E-state index in [2.05, 4.69) is 17.4 Å². The molecule has 1 aliphatic carbocycles. The molecule has 0 saturated carbocycles. The highest BCUT2D eigenvalue weighted by Crippen LogP contribution is 2.38. The van der Waals surface area contributed by atoms with Gasteiger partial charge in [-0.3, -0.25) is 0 Å². The van der Waals surface area contributed by atoms with E-state index >= 15 is 0 Å². The first-order valence-electron chi connectivity index (χ1n) is 7.32. The minimum atomic E-state index is 0.274. The summed E-state index contributed by atoms with van der Waals surface area (Å²) in [6.07, 6.45) is 2.14. The first kappa shape index (κ1) is 13.8. The van der Waals surface area contributed by atoms with Gasteiger partial charge in [0.2, 0.25) is 0 Å². The molecule has 0 fully saturated rings. The lowest BCUT2D eigenvalue weighted by Gasteiger charge is -2.19. The Bertz CT molecular complexity index is 679. The second-order valence-corrected chi connectivity index (χ2v) is 5.70. The summed E-state index contributed by atoms with van der Waals surface area (Å²) in [6, 6.07) is 10.5. The number of rotatable bonds is 3. The number of methoxy groups -OCH3 is 1. The maximum atomic E-state index is 10.1. The summed E-state index contributed by atoms with van der Waals surface area (Å²) in [6.45, 7) is 3.87. The topological polar surface area (TPSA) is 41.5 Å². The van der Waals surface area contributed by atoms with Crippen LogP contribution >= 0.6 is 0 Å². The number of aryl methyl sites for hydroxylation is 2. The van der Waals surface area contributed by atoms with E-state index in [0.717, 1.165) is 35.4 Å². The van der Waals surface area contributed by atoms with Gasteiger partial charge in [-0.05, 0) is 61.6 Å². The van der Waals surface area contributed by atoms with Crippen LogP contribution in [0, 0.1) is 13.8 Å². The lowest BCUT2D eigenvalue weighted by molar-refractivity contribution is 0.414. The van der Waals surface area contributed by atoms with E-state index in [1.165, 1.54) is 11.1 Å². The van der Waals surface area contributed by atoms with Crippen LogP contribution in [0.25, 0.3) is 0 Å². The second-order valence-electron chi connectivity index (χ2n) is 5.70. The zero-order chi connectivity index (χ0) is 15.0. The summed E-state index contributed by atoms with van der Waals surface area (Å²) in [5, 5.41) is 13.6. The number of anilines is 1. The molecule has 1 aliphatic rings. The van der Waals surface area contributed by atoms with Gasteiger partial charge in [0.05, 0.1) is 13.2 Å². The van der Waals surface area contributed by atoms with Crippen molar-refractivity contribution in [3.8, 4) is 11.5 Å². The molecule has 2 aromatic rings. The summed E-state index contributed by atoms with van der Waals surface area (Å²) in [5.41, 5.74) is 5.49. The molecule has 0 aromatic heterocycles. The fraction of sp³-hybridized carbons (Fsp3) is 0.333. The van der Waals surface area contributed by atoms with Crippen molar-refractivity contribution in [2.24, 2.45) is 0 Å². The molecule has 0 saturated heterocycles. The number of phenolic OH excluding ortho intramolecular Hbond substituents is 1. The van der Waals surface area contributed by atoms with Crippen LogP contribution in [0.5, 0.6) is 11.5 Å². The number of fused-ring (bicyclic) bond motifs is 1. The van der Waals surface area contributed by atoms with Gasteiger partial charge >= 0.3 is 0 Å². The van der Waals surface area contributed by atoms with Crippen molar-refractivity contribution in [2.45, 2.75) is 32.7 Å². The third kappa shape index (κ3) is 2.44. The van der Waals surface area contributed by atoms with E-state index in [9.17, 15) is 5.11 Å². The molecule has 3 nitrogen and oxygen atoms in total. The largest absolute Gasteiger partial charge is 0.507 e. The number of nitrogens with one attached hydrogen (secondary N) is 1. The number of benzene rings is 2. The molecule has 0 aliphatic heterocycles. The minimum absolute atomic E-state index is 0.274. The van der Waals surface area contributed by atoms with Crippen LogP contribution in [0.3, 0.4) is 0 Å². The molecule has 3 rings (SSSR count). The Hall–Kier alpha value is -2.16. The Labute approximate surface area is 125 Å². The molecular formula is C18H21NO2. The maximum absolute atomic E-state index is 10.1. The summed E-state index contributed by atoms with van der Waals surface area (Å²) < 4.78 is 5.33. The van der Waals surface area contributed by atoms with Crippen LogP contribution < -0.4 is 10.1 Å². The quantitative estimate of drug-likeness (QED) is 0.890. The molecule has 2 N–H and O–H groups in total. The first-order chi connectivity index (χ1) is 10.1. The monoisotopic (exact) mass is 283 g/mol. The standard InChI is InChI=1S/C18H21NO2/c1-11-4-8-16(12(2)18(11)20)19-17-9-6-13-5-7-14(21-3)10-15(13)17/h4-5,7-8,10,17,19-20H,6,9H2,1-3H3. The van der Waals surface area contributed by atoms with Gasteiger partial charge in [0.25, 0.3) is 0 Å². The average Bonchev–Trinajstić information content (AvgIpc) is 2.90. The van der Waals surface area contributed by atoms with Gasteiger partial charge < -0.3 is 15.2 Å². The molecular weight excluding hydrogens is 262 g/mol. The van der Waals surface area contributed by atoms with Gasteiger partial charge in [-0.2, -0.15) is 0 Å². The van der Waals surface area contributed by atoms with E-state index in [1.54, 1.807) is 7.11 Å². The number of hydrogen-bond acceptors (Lipinski definition) is 3. The molecule has 1 atom stereocenters. The van der Waals surface area contributed by atoms with Gasteiger partial charge in [0, 0.05) is 11.3 Å². The Kier molecular flexibility index (Phi) is 3.50. The molecule has 1 unspecified atom stereocenters. The highest BCUT2D eigenvalue weighted by molar-refractivity contribution is 5.60. The molecule has 110 valence electrons. The van der Waals surface area contributed by atoms with Crippen molar-refractivity contribution in [2.75, 3.05) is 12.4 Å². The molecule has 2 aromatic carbocycles. The number of aromatic hydroxyl groups is 1. The summed E-state index contributed by atoms with van der Waals surface area (Å²) in [5.74, 6) is 1.27. The van der Waals surface area contributed by atoms with E-state index < -0.39 is 0 Å². The van der Waals surface area contributed by atoms with Crippen LogP contribution in [0.4, 0.5) is 5.69 Å². The van der Waals surface area contributed by atoms with Crippen molar-refractivity contribution in [1.29, 1.82) is 0 Å². The smallest absolute Gasteiger partial charge is 0.123 e. The third-order valence-electron chi connectivity index (χ3n) is 4.39. The van der Waals surface area contributed by atoms with Crippen molar-refractivity contribution in [3.05, 3.63) is 52.6 Å². The molecule has 3 heteroatoms. The van der Waals surface area contributed by atoms with Crippen molar-refractivity contribution >= 4 is 5.69 Å². The first-order valence-corrected chi connectivity index (χ1v) is 7.32. The third-order valence-corrected chi connectivity index (χ3v) is 4.39. The fourth-order valence-electron chi connectivity index (χ4n) is 3.04. The van der Waals surface area contributed by atoms with Crippen molar-refractivity contribution in [3.63, 3.8) is 0 Å². The normalized spacial score (nSPS) is 16.6. The highest BCUT2D eigenvalue weighted by atomic mass is 16.5. The Morgan fingerprint density at radius 2 is 2.00 bits per heavy atom. The average molecular weight is 283 g/mol. The van der Waals surface area contributed by atoms with Crippen LogP contribution in [0.15, 0.2) is 30.3 Å². The van der Waals surface area contributed by atoms with E-state index in [0.29, 0.717) is 5.75 Å². The number of ether oxygens (including phenoxy) is 1. The van der Waals surface area contributed by atoms with Gasteiger partial charge in [-0.1, -0.05) is 12.1 Å². The van der Waals surface area contributed by atoms with Crippen LogP contribution in [-0.4, -0.2) is 12.2 Å². The predicted octanol–water partition coefficient (Wildman–Crippen LogP) is 4.12. The Morgan fingerprint density at radius 3 is 2.76 bits per heavy atom. The summed E-state index contributed by atoms with van der Waals surface area (Å²) in [4.78, 5) is 0. The van der Waals surface area contributed by atoms with Crippen LogP contribution in [0.2, 0.25) is 0 Å². The summed E-state index contributed by atoms with van der Waals surface area (Å²) in [7, 11) is 1.70. The van der Waals surface area contributed by atoms with Gasteiger partial charge in [-0.25, -0.2) is 0 Å². The lowest BCUT2D eigenvalue weighted by atomic mass is 10.0. The fourth-order valence-corrected chi connectivity index (χ4v) is 3.04. The van der Waals surface area contributed by atoms with Crippen LogP contribution in [0.1, 0.15) is 34.7 Å².